The van der Waals surface area contributed by atoms with Crippen LogP contribution in [-0.2, 0) is 4.79 Å². The summed E-state index contributed by atoms with van der Waals surface area (Å²) in [5.41, 5.74) is 7.91. The maximum absolute atomic E-state index is 12.4. The van der Waals surface area contributed by atoms with Crippen LogP contribution in [0.2, 0.25) is 19.6 Å². The second kappa shape index (κ2) is 7.51. The fraction of sp³-hybridized carbons (Fsp3) is 0.263. The molecule has 130 valence electrons. The van der Waals surface area contributed by atoms with Crippen molar-refractivity contribution in [3.8, 4) is 11.8 Å². The van der Waals surface area contributed by atoms with Gasteiger partial charge in [0.05, 0.1) is 26.8 Å². The normalized spacial score (nSPS) is 12.2. The third-order valence-electron chi connectivity index (χ3n) is 3.97. The Bertz CT molecular complexity index is 805. The first kappa shape index (κ1) is 18.7. The lowest BCUT2D eigenvalue weighted by Gasteiger charge is -2.19. The Morgan fingerprint density at radius 3 is 2.36 bits per heavy atom. The van der Waals surface area contributed by atoms with Crippen molar-refractivity contribution in [1.29, 1.82) is 5.26 Å². The maximum Gasteiger partial charge on any atom is 0.245 e. The minimum absolute atomic E-state index is 0.324. The largest absolute Gasteiger partial charge is 0.497 e. The van der Waals surface area contributed by atoms with Gasteiger partial charge in [0.1, 0.15) is 11.8 Å². The lowest BCUT2D eigenvalue weighted by Crippen LogP contribution is -2.39. The first-order valence-electron chi connectivity index (χ1n) is 8.01. The summed E-state index contributed by atoms with van der Waals surface area (Å²) >= 11 is 0. The number of benzene rings is 2. The van der Waals surface area contributed by atoms with Gasteiger partial charge in [-0.3, -0.25) is 4.79 Å². The topological polar surface area (TPSA) is 88.1 Å². The summed E-state index contributed by atoms with van der Waals surface area (Å²) in [5.74, 6) is 0.381. The molecule has 3 N–H and O–H groups in total. The molecule has 2 aromatic rings. The number of nitrogens with one attached hydrogen (secondary N) is 1. The predicted molar refractivity (Wildman–Crippen MR) is 103 cm³/mol. The van der Waals surface area contributed by atoms with E-state index in [-0.39, 0.29) is 5.91 Å². The molecular formula is C19H23N3O2Si. The van der Waals surface area contributed by atoms with Crippen LogP contribution < -0.4 is 21.0 Å². The molecular weight excluding hydrogens is 330 g/mol. The van der Waals surface area contributed by atoms with Crippen LogP contribution >= 0.6 is 0 Å². The number of nitrogens with zero attached hydrogens (tertiary/aromatic N) is 1. The van der Waals surface area contributed by atoms with E-state index in [4.69, 9.17) is 10.5 Å². The predicted octanol–water partition coefficient (Wildman–Crippen LogP) is 2.75. The van der Waals surface area contributed by atoms with Gasteiger partial charge in [0.2, 0.25) is 5.91 Å². The van der Waals surface area contributed by atoms with Crippen LogP contribution in [0.5, 0.6) is 5.75 Å². The molecule has 2 rings (SSSR count). The van der Waals surface area contributed by atoms with Gasteiger partial charge in [0.25, 0.3) is 0 Å². The zero-order chi connectivity index (χ0) is 18.6. The summed E-state index contributed by atoms with van der Waals surface area (Å²) in [6.07, 6.45) is 0. The van der Waals surface area contributed by atoms with Crippen LogP contribution in [0.4, 0.5) is 5.69 Å². The molecule has 0 spiro atoms. The lowest BCUT2D eigenvalue weighted by atomic mass is 10.1. The smallest absolute Gasteiger partial charge is 0.245 e. The van der Waals surface area contributed by atoms with Crippen LogP contribution in [0.25, 0.3) is 0 Å². The molecule has 6 heteroatoms. The maximum atomic E-state index is 12.4. The standard InChI is InChI=1S/C19H23N3O2Si/c1-24-16-8-5-13(6-9-16)18(21)19(23)22-15-7-10-17(25(2,3)4)14(11-15)12-20/h5-11,18H,21H2,1-4H3,(H,22,23)/t18-/m0/s1. The molecule has 0 aliphatic carbocycles. The third-order valence-corrected chi connectivity index (χ3v) is 6.02. The summed E-state index contributed by atoms with van der Waals surface area (Å²) in [7, 11) is -0.0352. The molecule has 2 aromatic carbocycles. The number of methoxy groups -OCH3 is 1. The summed E-state index contributed by atoms with van der Waals surface area (Å²) in [6.45, 7) is 6.54. The van der Waals surface area contributed by atoms with Gasteiger partial charge in [0.15, 0.2) is 0 Å². The number of nitrogens with two attached hydrogens (primary N) is 1. The Hall–Kier alpha value is -2.62. The summed E-state index contributed by atoms with van der Waals surface area (Å²) in [4.78, 5) is 12.4. The molecule has 0 saturated heterocycles. The van der Waals surface area contributed by atoms with E-state index in [1.165, 1.54) is 0 Å². The molecule has 0 fully saturated rings. The first-order valence-corrected chi connectivity index (χ1v) is 11.5. The van der Waals surface area contributed by atoms with E-state index in [0.717, 1.165) is 5.19 Å². The number of carbonyl (C=O) groups excluding carboxylic acids is 1. The van der Waals surface area contributed by atoms with Gasteiger partial charge in [-0.05, 0) is 35.0 Å². The van der Waals surface area contributed by atoms with E-state index >= 15 is 0 Å². The van der Waals surface area contributed by atoms with Crippen LogP contribution in [0.15, 0.2) is 42.5 Å². The zero-order valence-electron chi connectivity index (χ0n) is 15.0. The van der Waals surface area contributed by atoms with Gasteiger partial charge in [-0.15, -0.1) is 0 Å². The minimum Gasteiger partial charge on any atom is -0.497 e. The highest BCUT2D eigenvalue weighted by atomic mass is 28.3. The molecule has 0 unspecified atom stereocenters. The summed E-state index contributed by atoms with van der Waals surface area (Å²) < 4.78 is 5.10. The SMILES string of the molecule is COc1ccc([C@H](N)C(=O)Nc2ccc([Si](C)(C)C)c(C#N)c2)cc1. The van der Waals surface area contributed by atoms with Crippen LogP contribution in [0, 0.1) is 11.3 Å². The Kier molecular flexibility index (Phi) is 5.62. The highest BCUT2D eigenvalue weighted by Gasteiger charge is 2.21. The highest BCUT2D eigenvalue weighted by Crippen LogP contribution is 2.19. The van der Waals surface area contributed by atoms with Crippen molar-refractivity contribution >= 4 is 24.9 Å². The van der Waals surface area contributed by atoms with E-state index in [2.05, 4.69) is 31.0 Å². The Morgan fingerprint density at radius 2 is 1.84 bits per heavy atom. The average molecular weight is 353 g/mol. The number of rotatable bonds is 5. The van der Waals surface area contributed by atoms with Crippen LogP contribution in [0.3, 0.4) is 0 Å². The number of amides is 1. The molecule has 0 bridgehead atoms. The van der Waals surface area contributed by atoms with Gasteiger partial charge in [-0.1, -0.05) is 37.8 Å². The second-order valence-corrected chi connectivity index (χ2v) is 11.9. The zero-order valence-corrected chi connectivity index (χ0v) is 16.0. The molecule has 0 saturated carbocycles. The summed E-state index contributed by atoms with van der Waals surface area (Å²) in [5, 5.41) is 13.3. The third kappa shape index (κ3) is 4.47. The molecule has 0 aliphatic rings. The lowest BCUT2D eigenvalue weighted by molar-refractivity contribution is -0.117. The van der Waals surface area contributed by atoms with E-state index in [1.54, 1.807) is 37.4 Å². The van der Waals surface area contributed by atoms with E-state index in [0.29, 0.717) is 22.6 Å². The van der Waals surface area contributed by atoms with Crippen LogP contribution in [-0.4, -0.2) is 21.1 Å². The molecule has 1 atom stereocenters. The van der Waals surface area contributed by atoms with E-state index in [9.17, 15) is 10.1 Å². The van der Waals surface area contributed by atoms with Gasteiger partial charge >= 0.3 is 0 Å². The van der Waals surface area contributed by atoms with Crippen molar-refractivity contribution in [2.24, 2.45) is 5.73 Å². The van der Waals surface area contributed by atoms with Crippen molar-refractivity contribution in [1.82, 2.24) is 0 Å². The minimum atomic E-state index is -1.62. The Balaban J connectivity index is 2.18. The van der Waals surface area contributed by atoms with Gasteiger partial charge in [-0.2, -0.15) is 5.26 Å². The molecule has 0 heterocycles. The van der Waals surface area contributed by atoms with Crippen molar-refractivity contribution < 1.29 is 9.53 Å². The first-order chi connectivity index (χ1) is 11.8. The Morgan fingerprint density at radius 1 is 1.20 bits per heavy atom. The van der Waals surface area contributed by atoms with E-state index in [1.807, 2.05) is 12.1 Å². The average Bonchev–Trinajstić information content (AvgIpc) is 2.60. The second-order valence-electron chi connectivity index (χ2n) is 6.86. The number of ether oxygens (including phenoxy) is 1. The van der Waals surface area contributed by atoms with Crippen LogP contribution in [0.1, 0.15) is 17.2 Å². The fourth-order valence-electron chi connectivity index (χ4n) is 2.55. The summed E-state index contributed by atoms with van der Waals surface area (Å²) in [6, 6.07) is 14.0. The number of nitriles is 1. The molecule has 1 amide bonds. The van der Waals surface area contributed by atoms with Gasteiger partial charge in [0, 0.05) is 5.69 Å². The Labute approximate surface area is 149 Å². The monoisotopic (exact) mass is 353 g/mol. The quantitative estimate of drug-likeness (QED) is 0.809. The fourth-order valence-corrected chi connectivity index (χ4v) is 4.07. The van der Waals surface area contributed by atoms with Gasteiger partial charge in [-0.25, -0.2) is 0 Å². The van der Waals surface area contributed by atoms with Crippen molar-refractivity contribution in [3.63, 3.8) is 0 Å². The molecule has 0 aliphatic heterocycles. The number of hydrogen-bond donors (Lipinski definition) is 2. The van der Waals surface area contributed by atoms with E-state index < -0.39 is 14.1 Å². The highest BCUT2D eigenvalue weighted by molar-refractivity contribution is 6.89. The number of hydrogen-bond acceptors (Lipinski definition) is 4. The van der Waals surface area contributed by atoms with Crippen molar-refractivity contribution in [2.75, 3.05) is 12.4 Å². The molecule has 5 nitrogen and oxygen atoms in total. The molecule has 0 aromatic heterocycles. The van der Waals surface area contributed by atoms with Crippen molar-refractivity contribution in [3.05, 3.63) is 53.6 Å². The molecule has 0 radical (unpaired) electrons. The van der Waals surface area contributed by atoms with Gasteiger partial charge < -0.3 is 15.8 Å². The van der Waals surface area contributed by atoms with Crippen molar-refractivity contribution in [2.45, 2.75) is 25.7 Å². The molecule has 25 heavy (non-hydrogen) atoms. The number of anilines is 1. The number of carbonyl (C=O) groups is 1.